The Hall–Kier alpha value is -2.12. The fraction of sp³-hybridized carbons (Fsp3) is 0.947. The van der Waals surface area contributed by atoms with Crippen LogP contribution < -0.4 is 21.3 Å². The molecular formula is C75H150N4O4. The second kappa shape index (κ2) is 76.0. The van der Waals surface area contributed by atoms with Crippen LogP contribution in [-0.4, -0.2) is 43.4 Å². The molecule has 0 atom stereocenters. The Balaban J connectivity index is 0. The summed E-state index contributed by atoms with van der Waals surface area (Å²) in [5.41, 5.74) is 0. The molecule has 0 spiro atoms. The molecule has 494 valence electrons. The lowest BCUT2D eigenvalue weighted by atomic mass is 10.0. The van der Waals surface area contributed by atoms with Crippen molar-refractivity contribution in [2.45, 2.75) is 439 Å². The van der Waals surface area contributed by atoms with E-state index in [4.69, 9.17) is 0 Å². The van der Waals surface area contributed by atoms with E-state index < -0.39 is 0 Å². The van der Waals surface area contributed by atoms with Crippen molar-refractivity contribution in [3.63, 3.8) is 0 Å². The normalized spacial score (nSPS) is 11.2. The Bertz CT molecular complexity index is 1180. The molecular weight excluding hydrogens is 1020 g/mol. The number of carbonyl (C=O) groups is 4. The number of unbranched alkanes of at least 4 members (excludes halogenated alkanes) is 56. The van der Waals surface area contributed by atoms with E-state index in [1.165, 1.54) is 334 Å². The number of carbonyl (C=O) groups excluding carboxylic acids is 4. The van der Waals surface area contributed by atoms with Gasteiger partial charge in [0.05, 0.1) is 6.67 Å². The Labute approximate surface area is 520 Å². The van der Waals surface area contributed by atoms with E-state index in [1.54, 1.807) is 0 Å². The van der Waals surface area contributed by atoms with Crippen LogP contribution in [0.25, 0.3) is 0 Å². The molecule has 0 bridgehead atoms. The molecule has 8 heteroatoms. The predicted octanol–water partition coefficient (Wildman–Crippen LogP) is 23.4. The predicted molar refractivity (Wildman–Crippen MR) is 365 cm³/mol. The zero-order chi connectivity index (χ0) is 60.5. The minimum atomic E-state index is 0.0620. The smallest absolute Gasteiger partial charge is 0.221 e. The first-order valence-electron chi connectivity index (χ1n) is 38.0. The van der Waals surface area contributed by atoms with Crippen LogP contribution in [0.15, 0.2) is 0 Å². The van der Waals surface area contributed by atoms with Crippen LogP contribution in [0.3, 0.4) is 0 Å². The molecule has 4 N–H and O–H groups in total. The highest BCUT2D eigenvalue weighted by Gasteiger charge is 2.06. The largest absolute Gasteiger partial charge is 0.354 e. The van der Waals surface area contributed by atoms with Gasteiger partial charge in [-0.3, -0.25) is 19.2 Å². The van der Waals surface area contributed by atoms with Gasteiger partial charge in [0.15, 0.2) is 0 Å². The fourth-order valence-corrected chi connectivity index (χ4v) is 11.6. The third-order valence-corrected chi connectivity index (χ3v) is 17.4. The summed E-state index contributed by atoms with van der Waals surface area (Å²) in [5, 5.41) is 11.6. The number of hydrogen-bond acceptors (Lipinski definition) is 4. The first kappa shape index (κ1) is 82.9. The van der Waals surface area contributed by atoms with Crippen molar-refractivity contribution in [2.24, 2.45) is 0 Å². The topological polar surface area (TPSA) is 116 Å². The lowest BCUT2D eigenvalue weighted by Crippen LogP contribution is -2.37. The summed E-state index contributed by atoms with van der Waals surface area (Å²) < 4.78 is 0. The van der Waals surface area contributed by atoms with Gasteiger partial charge in [0.1, 0.15) is 0 Å². The van der Waals surface area contributed by atoms with E-state index in [1.807, 2.05) is 0 Å². The molecule has 0 rings (SSSR count). The van der Waals surface area contributed by atoms with Gasteiger partial charge >= 0.3 is 0 Å². The Morgan fingerprint density at radius 1 is 0.169 bits per heavy atom. The van der Waals surface area contributed by atoms with Gasteiger partial charge in [0.2, 0.25) is 23.6 Å². The minimum Gasteiger partial charge on any atom is -0.354 e. The number of hydrogen-bond donors (Lipinski definition) is 4. The van der Waals surface area contributed by atoms with Gasteiger partial charge in [0, 0.05) is 38.8 Å². The van der Waals surface area contributed by atoms with Crippen molar-refractivity contribution in [1.82, 2.24) is 21.3 Å². The van der Waals surface area contributed by atoms with Gasteiger partial charge < -0.3 is 21.3 Å². The summed E-state index contributed by atoms with van der Waals surface area (Å²) in [4.78, 5) is 48.1. The first-order valence-corrected chi connectivity index (χ1v) is 38.0. The highest BCUT2D eigenvalue weighted by molar-refractivity contribution is 5.78. The van der Waals surface area contributed by atoms with E-state index in [0.717, 1.165) is 51.4 Å². The average molecular weight is 1170 g/mol. The Kier molecular flexibility index (Phi) is 75.9. The van der Waals surface area contributed by atoms with Crippen LogP contribution in [0, 0.1) is 0 Å². The van der Waals surface area contributed by atoms with Crippen molar-refractivity contribution in [2.75, 3.05) is 19.8 Å². The highest BCUT2D eigenvalue weighted by atomic mass is 16.2. The van der Waals surface area contributed by atoms with E-state index in [9.17, 15) is 19.2 Å². The molecule has 0 aromatic heterocycles. The molecule has 0 aromatic carbocycles. The van der Waals surface area contributed by atoms with Crippen molar-refractivity contribution in [3.8, 4) is 0 Å². The number of amides is 4. The molecule has 0 fully saturated rings. The number of rotatable bonds is 69. The van der Waals surface area contributed by atoms with Gasteiger partial charge in [-0.1, -0.05) is 387 Å². The molecule has 0 aromatic rings. The van der Waals surface area contributed by atoms with Crippen LogP contribution in [0.1, 0.15) is 439 Å². The summed E-state index contributed by atoms with van der Waals surface area (Å²) in [6.07, 6.45) is 82.6. The molecule has 83 heavy (non-hydrogen) atoms. The summed E-state index contributed by atoms with van der Waals surface area (Å²) in [5.74, 6) is 0.377. The Morgan fingerprint density at radius 3 is 0.434 bits per heavy atom. The van der Waals surface area contributed by atoms with Crippen LogP contribution in [0.5, 0.6) is 0 Å². The van der Waals surface area contributed by atoms with E-state index in [0.29, 0.717) is 38.8 Å². The summed E-state index contributed by atoms with van der Waals surface area (Å²) in [6, 6.07) is 0. The summed E-state index contributed by atoms with van der Waals surface area (Å²) >= 11 is 0. The quantitative estimate of drug-likeness (QED) is 0.0359. The van der Waals surface area contributed by atoms with Crippen LogP contribution in [-0.2, 0) is 19.2 Å². The van der Waals surface area contributed by atoms with Crippen molar-refractivity contribution in [1.29, 1.82) is 0 Å². The maximum Gasteiger partial charge on any atom is 0.221 e. The monoisotopic (exact) mass is 1170 g/mol. The fourth-order valence-electron chi connectivity index (χ4n) is 11.6. The minimum absolute atomic E-state index is 0.0620. The first-order chi connectivity index (χ1) is 40.9. The maximum absolute atomic E-state index is 12.0. The maximum atomic E-state index is 12.0. The molecule has 0 aliphatic rings. The standard InChI is InChI=1S/C38H76N2O2.C37H74N2O2/c1-3-5-7-9-11-13-15-17-19-21-23-25-27-29-31-33-37(41)39-35-36-40-38(42)34-32-30-28-26-24-22-20-18-16-14-12-10-8-6-4-2;1-3-5-7-9-11-13-15-17-19-21-23-25-27-29-31-33-36(40)38-35-39-37(41)34-32-30-28-26-24-22-20-18-16-14-12-10-8-6-4-2/h3-36H2,1-2H3,(H,39,41)(H,40,42);3-35H2,1-2H3,(H,38,40)(H,39,41). The molecule has 4 amide bonds. The lowest BCUT2D eigenvalue weighted by molar-refractivity contribution is -0.123. The average Bonchev–Trinajstić information content (AvgIpc) is 3.48. The number of nitrogens with one attached hydrogen (secondary N) is 4. The van der Waals surface area contributed by atoms with E-state index >= 15 is 0 Å². The van der Waals surface area contributed by atoms with Gasteiger partial charge in [-0.15, -0.1) is 0 Å². The van der Waals surface area contributed by atoms with Crippen molar-refractivity contribution < 1.29 is 19.2 Å². The zero-order valence-electron chi connectivity index (χ0n) is 57.0. The van der Waals surface area contributed by atoms with Crippen LogP contribution in [0.2, 0.25) is 0 Å². The van der Waals surface area contributed by atoms with Crippen LogP contribution >= 0.6 is 0 Å². The van der Waals surface area contributed by atoms with Gasteiger partial charge in [-0.2, -0.15) is 0 Å². The lowest BCUT2D eigenvalue weighted by Gasteiger charge is -2.08. The third-order valence-electron chi connectivity index (χ3n) is 17.4. The highest BCUT2D eigenvalue weighted by Crippen LogP contribution is 2.18. The van der Waals surface area contributed by atoms with Gasteiger partial charge in [0.25, 0.3) is 0 Å². The summed E-state index contributed by atoms with van der Waals surface area (Å²) in [7, 11) is 0. The molecule has 0 saturated heterocycles. The van der Waals surface area contributed by atoms with Gasteiger partial charge in [-0.25, -0.2) is 0 Å². The molecule has 0 radical (unpaired) electrons. The van der Waals surface area contributed by atoms with Crippen molar-refractivity contribution >= 4 is 23.6 Å². The molecule has 0 aliphatic heterocycles. The Morgan fingerprint density at radius 2 is 0.289 bits per heavy atom. The molecule has 8 nitrogen and oxygen atoms in total. The summed E-state index contributed by atoms with van der Waals surface area (Å²) in [6.45, 7) is 10.5. The molecule has 0 unspecified atom stereocenters. The molecule has 0 saturated carbocycles. The van der Waals surface area contributed by atoms with Crippen molar-refractivity contribution in [3.05, 3.63) is 0 Å². The second-order valence-corrected chi connectivity index (χ2v) is 25.9. The second-order valence-electron chi connectivity index (χ2n) is 25.9. The SMILES string of the molecule is CCCCCCCCCCCCCCCCCC(=O)NCCNC(=O)CCCCCCCCCCCCCCCCC.CCCCCCCCCCCCCCCCCC(=O)NCNC(=O)CCCCCCCCCCCCCCCCC. The van der Waals surface area contributed by atoms with E-state index in [2.05, 4.69) is 49.0 Å². The molecule has 0 heterocycles. The third kappa shape index (κ3) is 77.9. The molecule has 0 aliphatic carbocycles. The zero-order valence-corrected chi connectivity index (χ0v) is 57.0. The van der Waals surface area contributed by atoms with Crippen LogP contribution in [0.4, 0.5) is 0 Å². The van der Waals surface area contributed by atoms with E-state index in [-0.39, 0.29) is 30.3 Å². The van der Waals surface area contributed by atoms with Gasteiger partial charge in [-0.05, 0) is 25.7 Å².